The fourth-order valence-electron chi connectivity index (χ4n) is 2.40. The maximum atomic E-state index is 11.6. The van der Waals surface area contributed by atoms with Gasteiger partial charge in [0.25, 0.3) is 0 Å². The van der Waals surface area contributed by atoms with E-state index >= 15 is 0 Å². The van der Waals surface area contributed by atoms with Crippen LogP contribution in [0.3, 0.4) is 0 Å². The van der Waals surface area contributed by atoms with Crippen LogP contribution < -0.4 is 4.74 Å². The molecule has 1 aromatic carbocycles. The van der Waals surface area contributed by atoms with Gasteiger partial charge in [-0.25, -0.2) is 0 Å². The first-order chi connectivity index (χ1) is 11.1. The van der Waals surface area contributed by atoms with Crippen molar-refractivity contribution in [2.45, 2.75) is 65.2 Å². The topological polar surface area (TPSA) is 69.4 Å². The highest BCUT2D eigenvalue weighted by molar-refractivity contribution is 5.96. The second kappa shape index (κ2) is 10.8. The number of hydrogen-bond acceptors (Lipinski definition) is 4. The minimum Gasteiger partial charge on any atom is -0.487 e. The number of carbonyl (C=O) groups is 1. The summed E-state index contributed by atoms with van der Waals surface area (Å²) in [5.41, 5.74) is 0.231. The molecule has 0 heterocycles. The van der Waals surface area contributed by atoms with Crippen LogP contribution in [-0.2, 0) is 0 Å². The number of carbonyl (C=O) groups excluding carboxylic acids is 1. The number of hydrogen-bond donors (Lipinski definition) is 0. The summed E-state index contributed by atoms with van der Waals surface area (Å²) in [6, 6.07) is 4.44. The number of benzene rings is 1. The zero-order chi connectivity index (χ0) is 17.1. The Labute approximate surface area is 138 Å². The van der Waals surface area contributed by atoms with Gasteiger partial charge in [-0.2, -0.15) is 0 Å². The van der Waals surface area contributed by atoms with Crippen molar-refractivity contribution in [2.75, 3.05) is 6.61 Å². The molecule has 0 aromatic heterocycles. The smallest absolute Gasteiger partial charge is 0.311 e. The summed E-state index contributed by atoms with van der Waals surface area (Å²) in [7, 11) is 0. The number of nitro groups is 1. The van der Waals surface area contributed by atoms with E-state index in [0.717, 1.165) is 12.8 Å². The second-order valence-electron chi connectivity index (χ2n) is 5.69. The normalized spacial score (nSPS) is 10.5. The Hall–Kier alpha value is -1.91. The van der Waals surface area contributed by atoms with E-state index < -0.39 is 4.92 Å². The van der Waals surface area contributed by atoms with Crippen LogP contribution in [0.5, 0.6) is 5.75 Å². The summed E-state index contributed by atoms with van der Waals surface area (Å²) >= 11 is 0. The Bertz CT molecular complexity index is 514. The number of unbranched alkanes of at least 4 members (excludes halogenated alkanes) is 6. The maximum absolute atomic E-state index is 11.6. The molecule has 0 saturated carbocycles. The fraction of sp³-hybridized carbons (Fsp3) is 0.611. The van der Waals surface area contributed by atoms with Crippen molar-refractivity contribution >= 4 is 11.5 Å². The summed E-state index contributed by atoms with van der Waals surface area (Å²) in [6.45, 7) is 4.40. The largest absolute Gasteiger partial charge is 0.487 e. The molecule has 128 valence electrons. The minimum absolute atomic E-state index is 0.105. The van der Waals surface area contributed by atoms with E-state index in [4.69, 9.17) is 4.74 Å². The zero-order valence-corrected chi connectivity index (χ0v) is 14.2. The molecule has 0 saturated heterocycles. The molecular formula is C18H27NO4. The quantitative estimate of drug-likeness (QED) is 0.226. The van der Waals surface area contributed by atoms with Gasteiger partial charge in [0.15, 0.2) is 11.5 Å². The molecular weight excluding hydrogens is 294 g/mol. The van der Waals surface area contributed by atoms with Crippen molar-refractivity contribution in [1.29, 1.82) is 0 Å². The van der Waals surface area contributed by atoms with Crippen LogP contribution in [0.2, 0.25) is 0 Å². The van der Waals surface area contributed by atoms with Crippen molar-refractivity contribution in [3.63, 3.8) is 0 Å². The molecule has 0 atom stereocenters. The summed E-state index contributed by atoms with van der Waals surface area (Å²) in [4.78, 5) is 22.3. The Balaban J connectivity index is 2.47. The Morgan fingerprint density at radius 1 is 1.09 bits per heavy atom. The van der Waals surface area contributed by atoms with Gasteiger partial charge in [-0.1, -0.05) is 52.4 Å². The highest BCUT2D eigenvalue weighted by Crippen LogP contribution is 2.28. The first-order valence-electron chi connectivity index (χ1n) is 8.54. The molecule has 0 aliphatic rings. The molecule has 1 aromatic rings. The molecule has 0 fully saturated rings. The SMILES string of the molecule is CCCCCCCCCOc1ccc(C(=O)CC)cc1[N+](=O)[O-]. The molecule has 0 amide bonds. The van der Waals surface area contributed by atoms with Crippen LogP contribution in [0.15, 0.2) is 18.2 Å². The summed E-state index contributed by atoms with van der Waals surface area (Å²) in [5.74, 6) is 0.139. The number of nitrogens with zero attached hydrogens (tertiary/aromatic N) is 1. The molecule has 0 aliphatic carbocycles. The summed E-state index contributed by atoms with van der Waals surface area (Å²) < 4.78 is 5.54. The van der Waals surface area contributed by atoms with Gasteiger partial charge in [-0.15, -0.1) is 0 Å². The lowest BCUT2D eigenvalue weighted by atomic mass is 10.1. The number of nitro benzene ring substituents is 1. The van der Waals surface area contributed by atoms with E-state index in [1.54, 1.807) is 13.0 Å². The summed E-state index contributed by atoms with van der Waals surface area (Å²) in [6.07, 6.45) is 8.50. The third kappa shape index (κ3) is 6.80. The molecule has 0 N–H and O–H groups in total. The maximum Gasteiger partial charge on any atom is 0.311 e. The van der Waals surface area contributed by atoms with Crippen molar-refractivity contribution < 1.29 is 14.5 Å². The molecule has 0 bridgehead atoms. The van der Waals surface area contributed by atoms with E-state index in [9.17, 15) is 14.9 Å². The number of ether oxygens (including phenoxy) is 1. The number of rotatable bonds is 12. The second-order valence-corrected chi connectivity index (χ2v) is 5.69. The van der Waals surface area contributed by atoms with Crippen molar-refractivity contribution in [3.05, 3.63) is 33.9 Å². The van der Waals surface area contributed by atoms with Crippen molar-refractivity contribution in [3.8, 4) is 5.75 Å². The molecule has 0 unspecified atom stereocenters. The molecule has 0 radical (unpaired) electrons. The van der Waals surface area contributed by atoms with Gasteiger partial charge < -0.3 is 4.74 Å². The van der Waals surface area contributed by atoms with Gasteiger partial charge in [0.1, 0.15) is 0 Å². The van der Waals surface area contributed by atoms with Crippen LogP contribution >= 0.6 is 0 Å². The third-order valence-electron chi connectivity index (χ3n) is 3.80. The predicted octanol–water partition coefficient (Wildman–Crippen LogP) is 5.32. The number of Topliss-reactive ketones (excluding diaryl/α,β-unsaturated/α-hetero) is 1. The van der Waals surface area contributed by atoms with Crippen LogP contribution in [0, 0.1) is 10.1 Å². The Morgan fingerprint density at radius 2 is 1.74 bits per heavy atom. The monoisotopic (exact) mass is 321 g/mol. The van der Waals surface area contributed by atoms with Crippen LogP contribution in [-0.4, -0.2) is 17.3 Å². The first kappa shape index (κ1) is 19.1. The van der Waals surface area contributed by atoms with E-state index in [1.807, 2.05) is 0 Å². The van der Waals surface area contributed by atoms with E-state index in [-0.39, 0.29) is 17.2 Å². The van der Waals surface area contributed by atoms with Gasteiger partial charge in [0, 0.05) is 18.1 Å². The number of ketones is 1. The molecule has 5 heteroatoms. The summed E-state index contributed by atoms with van der Waals surface area (Å²) in [5, 5.41) is 11.1. The van der Waals surface area contributed by atoms with Crippen LogP contribution in [0.25, 0.3) is 0 Å². The third-order valence-corrected chi connectivity index (χ3v) is 3.80. The van der Waals surface area contributed by atoms with E-state index in [2.05, 4.69) is 6.92 Å². The van der Waals surface area contributed by atoms with Crippen LogP contribution in [0.4, 0.5) is 5.69 Å². The highest BCUT2D eigenvalue weighted by Gasteiger charge is 2.18. The molecule has 1 rings (SSSR count). The predicted molar refractivity (Wildman–Crippen MR) is 91.2 cm³/mol. The lowest BCUT2D eigenvalue weighted by Gasteiger charge is -2.08. The van der Waals surface area contributed by atoms with E-state index in [1.165, 1.54) is 44.2 Å². The minimum atomic E-state index is -0.494. The Morgan fingerprint density at radius 3 is 2.35 bits per heavy atom. The van der Waals surface area contributed by atoms with Crippen molar-refractivity contribution in [2.24, 2.45) is 0 Å². The van der Waals surface area contributed by atoms with Gasteiger partial charge in [-0.05, 0) is 18.6 Å². The first-order valence-corrected chi connectivity index (χ1v) is 8.54. The van der Waals surface area contributed by atoms with Crippen LogP contribution in [0.1, 0.15) is 75.6 Å². The molecule has 23 heavy (non-hydrogen) atoms. The molecule has 5 nitrogen and oxygen atoms in total. The fourth-order valence-corrected chi connectivity index (χ4v) is 2.40. The average molecular weight is 321 g/mol. The molecule has 0 spiro atoms. The standard InChI is InChI=1S/C18H27NO4/c1-3-5-6-7-8-9-10-13-23-18-12-11-15(17(20)4-2)14-16(18)19(21)22/h11-12,14H,3-10,13H2,1-2H3. The Kier molecular flexibility index (Phi) is 8.95. The van der Waals surface area contributed by atoms with Gasteiger partial charge in [0.05, 0.1) is 11.5 Å². The highest BCUT2D eigenvalue weighted by atomic mass is 16.6. The van der Waals surface area contributed by atoms with Gasteiger partial charge in [0.2, 0.25) is 0 Å². The van der Waals surface area contributed by atoms with Gasteiger partial charge in [-0.3, -0.25) is 14.9 Å². The molecule has 0 aliphatic heterocycles. The lowest BCUT2D eigenvalue weighted by molar-refractivity contribution is -0.385. The van der Waals surface area contributed by atoms with Gasteiger partial charge >= 0.3 is 5.69 Å². The van der Waals surface area contributed by atoms with E-state index in [0.29, 0.717) is 18.6 Å². The lowest BCUT2D eigenvalue weighted by Crippen LogP contribution is -2.03. The zero-order valence-electron chi connectivity index (χ0n) is 14.2. The average Bonchev–Trinajstić information content (AvgIpc) is 2.56. The van der Waals surface area contributed by atoms with Crippen molar-refractivity contribution in [1.82, 2.24) is 0 Å².